The van der Waals surface area contributed by atoms with Gasteiger partial charge in [-0.1, -0.05) is 51.1 Å². The monoisotopic (exact) mass is 428 g/mol. The Hall–Kier alpha value is -1.83. The van der Waals surface area contributed by atoms with Gasteiger partial charge in [-0.15, -0.1) is 0 Å². The third-order valence-corrected chi connectivity index (χ3v) is 9.85. The van der Waals surface area contributed by atoms with Gasteiger partial charge >= 0.3 is 0 Å². The van der Waals surface area contributed by atoms with Gasteiger partial charge < -0.3 is 19.1 Å². The molecule has 6 nitrogen and oxygen atoms in total. The van der Waals surface area contributed by atoms with Crippen LogP contribution in [0.1, 0.15) is 39.2 Å². The highest BCUT2D eigenvalue weighted by atomic mass is 28.3. The third-order valence-electron chi connectivity index (χ3n) is 6.76. The molecule has 1 amide bonds. The van der Waals surface area contributed by atoms with E-state index < -0.39 is 9.04 Å². The second-order valence-electron chi connectivity index (χ2n) is 10.00. The van der Waals surface area contributed by atoms with Crippen LogP contribution in [0.4, 0.5) is 0 Å². The Labute approximate surface area is 182 Å². The molecule has 164 valence electrons. The average molecular weight is 429 g/mol. The molecule has 7 heteroatoms. The van der Waals surface area contributed by atoms with E-state index >= 15 is 0 Å². The highest BCUT2D eigenvalue weighted by Gasteiger charge is 2.41. The lowest BCUT2D eigenvalue weighted by Crippen LogP contribution is -2.46. The number of benzene rings is 1. The van der Waals surface area contributed by atoms with Gasteiger partial charge in [0.05, 0.1) is 13.3 Å². The van der Waals surface area contributed by atoms with Gasteiger partial charge in [0, 0.05) is 31.9 Å². The Morgan fingerprint density at radius 2 is 1.80 bits per heavy atom. The predicted octanol–water partition coefficient (Wildman–Crippen LogP) is 3.00. The van der Waals surface area contributed by atoms with Crippen molar-refractivity contribution in [3.63, 3.8) is 0 Å². The fourth-order valence-corrected chi connectivity index (χ4v) is 5.26. The van der Waals surface area contributed by atoms with Gasteiger partial charge in [-0.05, 0) is 30.0 Å². The number of fused-ring (bicyclic) bond motifs is 1. The van der Waals surface area contributed by atoms with Crippen molar-refractivity contribution in [2.45, 2.75) is 57.8 Å². The summed E-state index contributed by atoms with van der Waals surface area (Å²) < 4.78 is 6.16. The first-order chi connectivity index (χ1) is 14.3. The second kappa shape index (κ2) is 8.73. The molecule has 0 aliphatic carbocycles. The number of nitrogens with zero attached hydrogens (tertiary/aromatic N) is 4. The van der Waals surface area contributed by atoms with E-state index in [1.807, 2.05) is 6.20 Å². The zero-order valence-electron chi connectivity index (χ0n) is 18.9. The zero-order valence-corrected chi connectivity index (χ0v) is 20.0. The van der Waals surface area contributed by atoms with Gasteiger partial charge in [-0.3, -0.25) is 9.69 Å². The minimum absolute atomic E-state index is 0.195. The second-order valence-corrected chi connectivity index (χ2v) is 13.3. The van der Waals surface area contributed by atoms with E-state index in [0.29, 0.717) is 12.8 Å². The Morgan fingerprint density at radius 3 is 2.43 bits per heavy atom. The number of hydrogen-bond acceptors (Lipinski definition) is 5. The summed E-state index contributed by atoms with van der Waals surface area (Å²) in [4.78, 5) is 22.0. The summed E-state index contributed by atoms with van der Waals surface area (Å²) in [6.07, 6.45) is 4.12. The standard InChI is InChI=1S/C23H36N4O2Si/c1-23(2,3)30(4)29-18-25-15-21-22(28)27(17-26(21)16-25)20-10-12-24(13-11-20)14-19-8-6-5-7-9-19/h5-9,15,20,30H,10-14,16-18H2,1-4H3. The quantitative estimate of drug-likeness (QED) is 0.652. The largest absolute Gasteiger partial charge is 0.403 e. The van der Waals surface area contributed by atoms with Crippen molar-refractivity contribution >= 4 is 14.9 Å². The van der Waals surface area contributed by atoms with Crippen molar-refractivity contribution in [2.24, 2.45) is 0 Å². The van der Waals surface area contributed by atoms with Crippen molar-refractivity contribution in [2.75, 3.05) is 33.2 Å². The molecule has 0 bridgehead atoms. The maximum atomic E-state index is 13.0. The Bertz CT molecular complexity index is 771. The van der Waals surface area contributed by atoms with Crippen molar-refractivity contribution < 1.29 is 9.22 Å². The third kappa shape index (κ3) is 4.73. The minimum atomic E-state index is -1.25. The van der Waals surface area contributed by atoms with Crippen molar-refractivity contribution in [3.8, 4) is 0 Å². The molecular formula is C23H36N4O2Si. The maximum absolute atomic E-state index is 13.0. The first kappa shape index (κ1) is 21.4. The molecule has 30 heavy (non-hydrogen) atoms. The molecule has 0 spiro atoms. The molecular weight excluding hydrogens is 392 g/mol. The number of carbonyl (C=O) groups is 1. The van der Waals surface area contributed by atoms with Gasteiger partial charge in [0.1, 0.15) is 12.4 Å². The molecule has 3 aliphatic heterocycles. The van der Waals surface area contributed by atoms with Crippen LogP contribution in [-0.2, 0) is 15.8 Å². The summed E-state index contributed by atoms with van der Waals surface area (Å²) in [5.74, 6) is 0.195. The van der Waals surface area contributed by atoms with E-state index in [2.05, 4.69) is 77.2 Å². The van der Waals surface area contributed by atoms with E-state index in [0.717, 1.165) is 51.5 Å². The lowest BCUT2D eigenvalue weighted by Gasteiger charge is -2.36. The molecule has 0 aromatic heterocycles. The fourth-order valence-electron chi connectivity index (χ4n) is 4.35. The smallest absolute Gasteiger partial charge is 0.273 e. The number of piperidine rings is 1. The summed E-state index contributed by atoms with van der Waals surface area (Å²) in [6.45, 7) is 14.2. The molecule has 0 saturated carbocycles. The lowest BCUT2D eigenvalue weighted by atomic mass is 10.0. The van der Waals surface area contributed by atoms with Crippen molar-refractivity contribution in [1.29, 1.82) is 0 Å². The topological polar surface area (TPSA) is 39.3 Å². The molecule has 1 aromatic carbocycles. The van der Waals surface area contributed by atoms with Crippen LogP contribution in [0.25, 0.3) is 0 Å². The Balaban J connectivity index is 1.27. The van der Waals surface area contributed by atoms with Crippen LogP contribution in [-0.4, -0.2) is 73.7 Å². The van der Waals surface area contributed by atoms with Gasteiger partial charge in [-0.2, -0.15) is 0 Å². The lowest BCUT2D eigenvalue weighted by molar-refractivity contribution is -0.127. The van der Waals surface area contributed by atoms with Crippen LogP contribution in [0.3, 0.4) is 0 Å². The van der Waals surface area contributed by atoms with E-state index in [1.165, 1.54) is 5.56 Å². The number of rotatable bonds is 6. The van der Waals surface area contributed by atoms with Gasteiger partial charge in [-0.25, -0.2) is 0 Å². The van der Waals surface area contributed by atoms with Crippen LogP contribution in [0.15, 0.2) is 42.2 Å². The Morgan fingerprint density at radius 1 is 1.10 bits per heavy atom. The molecule has 1 atom stereocenters. The van der Waals surface area contributed by atoms with Crippen LogP contribution in [0.5, 0.6) is 0 Å². The van der Waals surface area contributed by atoms with Crippen LogP contribution < -0.4 is 0 Å². The predicted molar refractivity (Wildman–Crippen MR) is 122 cm³/mol. The number of amides is 1. The summed E-state index contributed by atoms with van der Waals surface area (Å²) in [5, 5.41) is 0.255. The Kier molecular flexibility index (Phi) is 6.23. The van der Waals surface area contributed by atoms with Crippen molar-refractivity contribution in [1.82, 2.24) is 19.6 Å². The zero-order chi connectivity index (χ0) is 21.3. The van der Waals surface area contributed by atoms with Crippen LogP contribution in [0.2, 0.25) is 11.6 Å². The van der Waals surface area contributed by atoms with E-state index in [1.54, 1.807) is 0 Å². The molecule has 1 aromatic rings. The summed E-state index contributed by atoms with van der Waals surface area (Å²) >= 11 is 0. The molecule has 2 saturated heterocycles. The first-order valence-electron chi connectivity index (χ1n) is 11.2. The van der Waals surface area contributed by atoms with E-state index in [4.69, 9.17) is 4.43 Å². The molecule has 3 heterocycles. The summed E-state index contributed by atoms with van der Waals surface area (Å²) in [7, 11) is -1.25. The van der Waals surface area contributed by atoms with E-state index in [9.17, 15) is 4.79 Å². The van der Waals surface area contributed by atoms with Crippen molar-refractivity contribution in [3.05, 3.63) is 47.8 Å². The number of likely N-dealkylation sites (tertiary alicyclic amines) is 1. The SMILES string of the molecule is C[SiH](OCN1C=C2C(=O)N(C3CCN(Cc4ccccc4)CC3)CN2C1)C(C)(C)C. The molecule has 0 radical (unpaired) electrons. The molecule has 0 N–H and O–H groups in total. The maximum Gasteiger partial charge on any atom is 0.273 e. The molecule has 4 rings (SSSR count). The van der Waals surface area contributed by atoms with Crippen LogP contribution in [0, 0.1) is 0 Å². The van der Waals surface area contributed by atoms with Crippen LogP contribution >= 0.6 is 0 Å². The van der Waals surface area contributed by atoms with Gasteiger partial charge in [0.25, 0.3) is 5.91 Å². The highest BCUT2D eigenvalue weighted by molar-refractivity contribution is 6.53. The summed E-state index contributed by atoms with van der Waals surface area (Å²) in [6, 6.07) is 11.0. The normalized spacial score (nSPS) is 21.9. The number of carbonyl (C=O) groups excluding carboxylic acids is 1. The average Bonchev–Trinajstić information content (AvgIpc) is 3.26. The molecule has 1 unspecified atom stereocenters. The fraction of sp³-hybridized carbons (Fsp3) is 0.609. The van der Waals surface area contributed by atoms with Gasteiger partial charge in [0.15, 0.2) is 9.04 Å². The summed E-state index contributed by atoms with van der Waals surface area (Å²) in [5.41, 5.74) is 2.21. The highest BCUT2D eigenvalue weighted by Crippen LogP contribution is 2.31. The minimum Gasteiger partial charge on any atom is -0.403 e. The molecule has 2 fully saturated rings. The molecule has 3 aliphatic rings. The van der Waals surface area contributed by atoms with Gasteiger partial charge in [0.2, 0.25) is 0 Å². The van der Waals surface area contributed by atoms with E-state index in [-0.39, 0.29) is 10.9 Å². The number of hydrogen-bond donors (Lipinski definition) is 0. The first-order valence-corrected chi connectivity index (χ1v) is 13.4.